The molecule has 0 spiro atoms. The quantitative estimate of drug-likeness (QED) is 0.536. The summed E-state index contributed by atoms with van der Waals surface area (Å²) in [5.41, 5.74) is 1.20. The van der Waals surface area contributed by atoms with E-state index in [1.54, 1.807) is 14.0 Å². The number of aromatic nitrogens is 2. The molecule has 1 aliphatic heterocycles. The molecule has 1 unspecified atom stereocenters. The number of carbonyl (C=O) groups excluding carboxylic acids is 2. The van der Waals surface area contributed by atoms with Crippen molar-refractivity contribution in [3.05, 3.63) is 11.0 Å². The average Bonchev–Trinajstić information content (AvgIpc) is 2.56. The Hall–Kier alpha value is -1.93. The molecule has 1 aliphatic rings. The summed E-state index contributed by atoms with van der Waals surface area (Å²) in [4.78, 5) is 34.9. The van der Waals surface area contributed by atoms with E-state index in [2.05, 4.69) is 20.6 Å². The lowest BCUT2D eigenvalue weighted by molar-refractivity contribution is -0.147. The van der Waals surface area contributed by atoms with Gasteiger partial charge in [0.2, 0.25) is 11.2 Å². The van der Waals surface area contributed by atoms with E-state index >= 15 is 0 Å². The highest BCUT2D eigenvalue weighted by molar-refractivity contribution is 6.28. The number of carbonyl (C=O) groups is 2. The third-order valence-electron chi connectivity index (χ3n) is 4.90. The summed E-state index contributed by atoms with van der Waals surface area (Å²) in [6.07, 6.45) is 0.551. The first-order valence-electron chi connectivity index (χ1n) is 9.09. The van der Waals surface area contributed by atoms with Crippen molar-refractivity contribution in [2.75, 3.05) is 30.9 Å². The van der Waals surface area contributed by atoms with Crippen molar-refractivity contribution in [2.45, 2.75) is 46.2 Å². The van der Waals surface area contributed by atoms with E-state index in [4.69, 9.17) is 16.3 Å². The van der Waals surface area contributed by atoms with Gasteiger partial charge in [0.15, 0.2) is 5.82 Å². The number of esters is 1. The standard InChI is InChI=1S/C18H28ClN5O3/c1-9(2)12(20-5)17(26)27-8-7-10(3)14-16(25)22-13-11(4)21-18(19)23-15(13)24(14)6/h9-10,12,14,20H,7-8H2,1-6H3,(H,22,25)/t10?,12-,14-/m0/s1. The second kappa shape index (κ2) is 8.84. The van der Waals surface area contributed by atoms with Crippen molar-refractivity contribution >= 4 is 35.0 Å². The van der Waals surface area contributed by atoms with Gasteiger partial charge in [0.1, 0.15) is 17.8 Å². The zero-order valence-corrected chi connectivity index (χ0v) is 17.4. The number of nitrogens with zero attached hydrogens (tertiary/aromatic N) is 3. The molecule has 3 atom stereocenters. The van der Waals surface area contributed by atoms with Crippen LogP contribution in [0.4, 0.5) is 11.5 Å². The third-order valence-corrected chi connectivity index (χ3v) is 5.07. The lowest BCUT2D eigenvalue weighted by Crippen LogP contribution is -2.50. The molecule has 9 heteroatoms. The summed E-state index contributed by atoms with van der Waals surface area (Å²) in [7, 11) is 3.55. The zero-order valence-electron chi connectivity index (χ0n) is 16.7. The molecule has 150 valence electrons. The summed E-state index contributed by atoms with van der Waals surface area (Å²) < 4.78 is 5.40. The Morgan fingerprint density at radius 3 is 2.63 bits per heavy atom. The van der Waals surface area contributed by atoms with Gasteiger partial charge in [-0.2, -0.15) is 4.98 Å². The maximum atomic E-state index is 12.6. The van der Waals surface area contributed by atoms with Crippen LogP contribution in [-0.2, 0) is 14.3 Å². The first-order chi connectivity index (χ1) is 12.7. The number of rotatable bonds is 7. The van der Waals surface area contributed by atoms with Crippen LogP contribution in [0.15, 0.2) is 0 Å². The summed E-state index contributed by atoms with van der Waals surface area (Å²) in [5, 5.41) is 5.98. The molecular formula is C18H28ClN5O3. The minimum Gasteiger partial charge on any atom is -0.465 e. The van der Waals surface area contributed by atoms with Crippen LogP contribution in [0, 0.1) is 18.8 Å². The highest BCUT2D eigenvalue weighted by Gasteiger charge is 2.37. The smallest absolute Gasteiger partial charge is 0.323 e. The molecule has 0 saturated heterocycles. The van der Waals surface area contributed by atoms with Crippen LogP contribution < -0.4 is 15.5 Å². The highest BCUT2D eigenvalue weighted by atomic mass is 35.5. The van der Waals surface area contributed by atoms with Gasteiger partial charge in [-0.15, -0.1) is 0 Å². The van der Waals surface area contributed by atoms with Gasteiger partial charge in [0, 0.05) is 7.05 Å². The van der Waals surface area contributed by atoms with E-state index < -0.39 is 6.04 Å². The van der Waals surface area contributed by atoms with Gasteiger partial charge in [0.05, 0.1) is 12.3 Å². The number of anilines is 2. The summed E-state index contributed by atoms with van der Waals surface area (Å²) in [5.74, 6) is 0.266. The van der Waals surface area contributed by atoms with E-state index in [1.165, 1.54) is 0 Å². The van der Waals surface area contributed by atoms with E-state index in [0.29, 0.717) is 23.6 Å². The van der Waals surface area contributed by atoms with Crippen molar-refractivity contribution < 1.29 is 14.3 Å². The van der Waals surface area contributed by atoms with Crippen molar-refractivity contribution in [3.8, 4) is 0 Å². The average molecular weight is 398 g/mol. The van der Waals surface area contributed by atoms with Gasteiger partial charge in [-0.1, -0.05) is 20.8 Å². The predicted molar refractivity (Wildman–Crippen MR) is 105 cm³/mol. The van der Waals surface area contributed by atoms with Crippen molar-refractivity contribution in [1.82, 2.24) is 15.3 Å². The lowest BCUT2D eigenvalue weighted by Gasteiger charge is -2.37. The number of aryl methyl sites for hydroxylation is 1. The molecule has 0 bridgehead atoms. The molecule has 2 rings (SSSR count). The molecule has 8 nitrogen and oxygen atoms in total. The molecular weight excluding hydrogens is 370 g/mol. The minimum absolute atomic E-state index is 0.0583. The van der Waals surface area contributed by atoms with E-state index in [-0.39, 0.29) is 41.6 Å². The second-order valence-electron chi connectivity index (χ2n) is 7.27. The molecule has 0 aliphatic carbocycles. The second-order valence-corrected chi connectivity index (χ2v) is 7.60. The van der Waals surface area contributed by atoms with E-state index in [9.17, 15) is 9.59 Å². The Morgan fingerprint density at radius 1 is 1.37 bits per heavy atom. The molecule has 27 heavy (non-hydrogen) atoms. The molecule has 1 amide bonds. The van der Waals surface area contributed by atoms with Crippen LogP contribution in [0.25, 0.3) is 0 Å². The van der Waals surface area contributed by atoms with Gasteiger partial charge < -0.3 is 20.3 Å². The van der Waals surface area contributed by atoms with Crippen LogP contribution in [0.5, 0.6) is 0 Å². The molecule has 2 heterocycles. The molecule has 0 radical (unpaired) electrons. The van der Waals surface area contributed by atoms with Crippen LogP contribution in [-0.4, -0.2) is 54.6 Å². The Labute approximate surface area is 165 Å². The number of fused-ring (bicyclic) bond motifs is 1. The predicted octanol–water partition coefficient (Wildman–Crippen LogP) is 2.01. The summed E-state index contributed by atoms with van der Waals surface area (Å²) in [6, 6.07) is -0.776. The van der Waals surface area contributed by atoms with Gasteiger partial charge in [0.25, 0.3) is 0 Å². The van der Waals surface area contributed by atoms with Crippen molar-refractivity contribution in [2.24, 2.45) is 11.8 Å². The SMILES string of the molecule is CN[C@H](C(=O)OCCC(C)[C@H]1C(=O)Nc2c(C)nc(Cl)nc2N1C)C(C)C. The Bertz CT molecular complexity index is 712. The molecule has 0 aromatic carbocycles. The minimum atomic E-state index is -0.438. The van der Waals surface area contributed by atoms with Crippen LogP contribution in [0.3, 0.4) is 0 Å². The molecule has 0 fully saturated rings. The normalized spacial score (nSPS) is 18.7. The first kappa shape index (κ1) is 21.4. The molecule has 0 saturated carbocycles. The molecule has 2 N–H and O–H groups in total. The fraction of sp³-hybridized carbons (Fsp3) is 0.667. The number of hydrogen-bond donors (Lipinski definition) is 2. The van der Waals surface area contributed by atoms with Crippen molar-refractivity contribution in [3.63, 3.8) is 0 Å². The fourth-order valence-electron chi connectivity index (χ4n) is 3.39. The number of amides is 1. The fourth-order valence-corrected chi connectivity index (χ4v) is 3.59. The number of likely N-dealkylation sites (N-methyl/N-ethyl adjacent to an activating group) is 2. The van der Waals surface area contributed by atoms with E-state index in [1.807, 2.05) is 32.7 Å². The first-order valence-corrected chi connectivity index (χ1v) is 9.46. The number of hydrogen-bond acceptors (Lipinski definition) is 7. The Kier molecular flexibility index (Phi) is 7.00. The van der Waals surface area contributed by atoms with E-state index in [0.717, 1.165) is 0 Å². The maximum Gasteiger partial charge on any atom is 0.323 e. The van der Waals surface area contributed by atoms with Gasteiger partial charge in [-0.3, -0.25) is 9.59 Å². The zero-order chi connectivity index (χ0) is 20.3. The van der Waals surface area contributed by atoms with Crippen LogP contribution in [0.1, 0.15) is 32.9 Å². The largest absolute Gasteiger partial charge is 0.465 e. The number of halogens is 1. The van der Waals surface area contributed by atoms with Crippen LogP contribution in [0.2, 0.25) is 5.28 Å². The van der Waals surface area contributed by atoms with Crippen molar-refractivity contribution in [1.29, 1.82) is 0 Å². The van der Waals surface area contributed by atoms with Gasteiger partial charge in [-0.25, -0.2) is 4.98 Å². The lowest BCUT2D eigenvalue weighted by atomic mass is 9.94. The Morgan fingerprint density at radius 2 is 2.04 bits per heavy atom. The monoisotopic (exact) mass is 397 g/mol. The summed E-state index contributed by atoms with van der Waals surface area (Å²) >= 11 is 5.97. The van der Waals surface area contributed by atoms with Gasteiger partial charge >= 0.3 is 5.97 Å². The topological polar surface area (TPSA) is 96.4 Å². The van der Waals surface area contributed by atoms with Gasteiger partial charge in [-0.05, 0) is 43.8 Å². The number of nitrogens with one attached hydrogen (secondary N) is 2. The third kappa shape index (κ3) is 4.68. The number of ether oxygens (including phenoxy) is 1. The molecule has 1 aromatic heterocycles. The highest BCUT2D eigenvalue weighted by Crippen LogP contribution is 2.34. The molecule has 1 aromatic rings. The summed E-state index contributed by atoms with van der Waals surface area (Å²) in [6.45, 7) is 7.89. The Balaban J connectivity index is 2.03. The van der Waals surface area contributed by atoms with Crippen LogP contribution >= 0.6 is 11.6 Å². The maximum absolute atomic E-state index is 12.6.